The molecule has 3 N–H and O–H groups in total. The molecular weight excluding hydrogens is 1060 g/mol. The quantitative estimate of drug-likeness (QED) is 0.0534. The van der Waals surface area contributed by atoms with Gasteiger partial charge in [0.15, 0.2) is 4.21 Å². The summed E-state index contributed by atoms with van der Waals surface area (Å²) in [4.78, 5) is 11.3. The van der Waals surface area contributed by atoms with E-state index in [9.17, 15) is 40.1 Å². The number of nitrogens with one attached hydrogen (secondary N) is 3. The Kier molecular flexibility index (Phi) is 15.7. The fourth-order valence-corrected chi connectivity index (χ4v) is 13.6. The smallest absolute Gasteiger partial charge is 0.419 e. The van der Waals surface area contributed by atoms with Crippen LogP contribution in [0.3, 0.4) is 0 Å². The van der Waals surface area contributed by atoms with Gasteiger partial charge >= 0.3 is 6.18 Å². The van der Waals surface area contributed by atoms with Gasteiger partial charge in [-0.1, -0.05) is 59.6 Å². The first-order chi connectivity index (χ1) is 32.9. The van der Waals surface area contributed by atoms with Crippen LogP contribution in [0, 0.1) is 28.4 Å². The van der Waals surface area contributed by atoms with Gasteiger partial charge in [0.2, 0.25) is 0 Å². The van der Waals surface area contributed by atoms with Crippen LogP contribution in [0.2, 0.25) is 10.0 Å². The van der Waals surface area contributed by atoms with E-state index < -0.39 is 53.7 Å². The summed E-state index contributed by atoms with van der Waals surface area (Å²) in [6, 6.07) is 24.2. The van der Waals surface area contributed by atoms with Crippen molar-refractivity contribution in [2.45, 2.75) is 65.8 Å². The van der Waals surface area contributed by atoms with Crippen LogP contribution >= 0.6 is 57.7 Å². The van der Waals surface area contributed by atoms with Crippen LogP contribution in [0.4, 0.5) is 30.2 Å². The molecule has 24 heteroatoms. The van der Waals surface area contributed by atoms with Crippen molar-refractivity contribution in [1.29, 1.82) is 5.26 Å². The topological polar surface area (TPSA) is 193 Å². The van der Waals surface area contributed by atoms with Crippen molar-refractivity contribution in [3.05, 3.63) is 133 Å². The van der Waals surface area contributed by atoms with E-state index in [-0.39, 0.29) is 36.9 Å². The molecular formula is C46H42Cl3F3N6O8S4. The molecule has 14 nitrogen and oxygen atoms in total. The number of rotatable bonds is 14. The molecule has 0 saturated carbocycles. The molecule has 2 aliphatic heterocycles. The first-order valence-corrected chi connectivity index (χ1v) is 26.8. The highest BCUT2D eigenvalue weighted by atomic mass is 35.5. The number of sulfonamides is 2. The molecule has 2 saturated heterocycles. The Bertz CT molecular complexity index is 3210. The summed E-state index contributed by atoms with van der Waals surface area (Å²) in [6.07, 6.45) is -3.26. The molecule has 4 aromatic carbocycles. The van der Waals surface area contributed by atoms with Gasteiger partial charge in [0.25, 0.3) is 25.7 Å². The third-order valence-electron chi connectivity index (χ3n) is 11.3. The van der Waals surface area contributed by atoms with Crippen molar-refractivity contribution in [3.8, 4) is 39.1 Å². The SMILES string of the molecule is C[C@@]1(Oc2cc(NS(=O)(=O)c3sc(-c4ccccc4CC#N)cc3Cl)ccc2C(F)(F)F)CCNC1.Cc1ccc(-c2csc(S(=O)(=O)N(Cl)c3ccc(Cl)c(O[C@]4(C)CCNC4)c3)c2)cc1[N+](=O)[O-]. The van der Waals surface area contributed by atoms with Crippen LogP contribution in [-0.4, -0.2) is 59.1 Å². The molecule has 0 bridgehead atoms. The Morgan fingerprint density at radius 3 is 2.19 bits per heavy atom. The number of hydrogen-bond acceptors (Lipinski definition) is 13. The summed E-state index contributed by atoms with van der Waals surface area (Å²) in [6.45, 7) is 7.71. The maximum absolute atomic E-state index is 13.6. The minimum Gasteiger partial charge on any atom is -0.485 e. The summed E-state index contributed by atoms with van der Waals surface area (Å²) in [5.74, 6) is -0.123. The molecule has 0 radical (unpaired) electrons. The van der Waals surface area contributed by atoms with Crippen molar-refractivity contribution >= 4 is 94.8 Å². The van der Waals surface area contributed by atoms with E-state index in [0.717, 1.165) is 53.8 Å². The Balaban J connectivity index is 0.000000207. The van der Waals surface area contributed by atoms with Gasteiger partial charge in [0, 0.05) is 66.3 Å². The van der Waals surface area contributed by atoms with E-state index >= 15 is 0 Å². The lowest BCUT2D eigenvalue weighted by Crippen LogP contribution is -2.35. The molecule has 2 aliphatic rings. The zero-order valence-electron chi connectivity index (χ0n) is 37.2. The zero-order chi connectivity index (χ0) is 50.8. The monoisotopic (exact) mass is 1100 g/mol. The van der Waals surface area contributed by atoms with E-state index in [1.54, 1.807) is 55.6 Å². The number of nitro groups is 1. The van der Waals surface area contributed by atoms with E-state index in [1.807, 2.05) is 6.92 Å². The minimum atomic E-state index is -4.68. The zero-order valence-corrected chi connectivity index (χ0v) is 42.7. The lowest BCUT2D eigenvalue weighted by atomic mass is 10.0. The number of ether oxygens (including phenoxy) is 2. The normalized spacial score (nSPS) is 18.1. The molecule has 2 aromatic heterocycles. The van der Waals surface area contributed by atoms with E-state index in [0.29, 0.717) is 73.3 Å². The van der Waals surface area contributed by atoms with Gasteiger partial charge in [-0.25, -0.2) is 8.42 Å². The van der Waals surface area contributed by atoms with Crippen molar-refractivity contribution < 1.29 is 44.4 Å². The maximum atomic E-state index is 13.6. The molecule has 2 atom stereocenters. The van der Waals surface area contributed by atoms with E-state index in [1.165, 1.54) is 36.4 Å². The van der Waals surface area contributed by atoms with E-state index in [2.05, 4.69) is 21.4 Å². The number of nitrogens with zero attached hydrogens (tertiary/aromatic N) is 3. The average Bonchev–Trinajstić information content (AvgIpc) is 4.13. The summed E-state index contributed by atoms with van der Waals surface area (Å²) in [7, 11) is -8.35. The van der Waals surface area contributed by atoms with Crippen LogP contribution in [0.1, 0.15) is 43.4 Å². The van der Waals surface area contributed by atoms with Crippen LogP contribution in [0.25, 0.3) is 21.6 Å². The van der Waals surface area contributed by atoms with E-state index in [4.69, 9.17) is 49.7 Å². The molecule has 4 heterocycles. The van der Waals surface area contributed by atoms with Gasteiger partial charge < -0.3 is 20.1 Å². The van der Waals surface area contributed by atoms with Gasteiger partial charge in [-0.2, -0.15) is 30.7 Å². The van der Waals surface area contributed by atoms with Gasteiger partial charge in [-0.3, -0.25) is 14.8 Å². The standard InChI is InChI=1S/C24H21ClF3N3O3S2.C22H21Cl2N3O5S2/c1-23(9-11-30-14-23)34-20-12-16(6-7-18(20)24(26,27)28)31-36(32,33)22-19(25)13-21(35-22)17-5-3-2-4-15(17)8-10-29;1-14-3-4-15(9-19(14)27(28)29)16-10-21(33-12-16)34(30,31)26(24)17-5-6-18(23)20(11-17)32-22(2)7-8-25-13-22/h2-7,12-13,30-31H,8-9,11,14H2,1H3;3-6,9-12,25H,7-8,13H2,1-2H3/t23-;22-/m11/s1. The fourth-order valence-electron chi connectivity index (χ4n) is 7.55. The molecule has 8 rings (SSSR count). The Morgan fingerprint density at radius 1 is 0.886 bits per heavy atom. The van der Waals surface area contributed by atoms with Crippen molar-refractivity contribution in [3.63, 3.8) is 0 Å². The third-order valence-corrected chi connectivity index (χ3v) is 18.8. The summed E-state index contributed by atoms with van der Waals surface area (Å²) in [5, 5.41) is 28.5. The van der Waals surface area contributed by atoms with Crippen LogP contribution in [0.5, 0.6) is 11.5 Å². The molecule has 0 unspecified atom stereocenters. The lowest BCUT2D eigenvalue weighted by molar-refractivity contribution is -0.385. The van der Waals surface area contributed by atoms with Crippen molar-refractivity contribution in [1.82, 2.24) is 10.6 Å². The largest absolute Gasteiger partial charge is 0.485 e. The van der Waals surface area contributed by atoms with Gasteiger partial charge in [0.05, 0.1) is 44.4 Å². The Morgan fingerprint density at radius 2 is 1.56 bits per heavy atom. The Labute approximate surface area is 425 Å². The Hall–Kier alpha value is -5.15. The fraction of sp³-hybridized carbons (Fsp3) is 0.283. The molecule has 0 aliphatic carbocycles. The van der Waals surface area contributed by atoms with Crippen LogP contribution < -0.4 is 28.7 Å². The van der Waals surface area contributed by atoms with Crippen molar-refractivity contribution in [2.75, 3.05) is 34.7 Å². The highest BCUT2D eigenvalue weighted by molar-refractivity contribution is 7.96. The second kappa shape index (κ2) is 20.9. The second-order valence-electron chi connectivity index (χ2n) is 16.8. The molecule has 2 fully saturated rings. The number of benzene rings is 4. The van der Waals surface area contributed by atoms with Gasteiger partial charge in [-0.05, 0) is 97.9 Å². The number of nitro benzene ring substituents is 1. The number of alkyl halides is 3. The van der Waals surface area contributed by atoms with Crippen LogP contribution in [0.15, 0.2) is 105 Å². The summed E-state index contributed by atoms with van der Waals surface area (Å²) >= 11 is 20.7. The van der Waals surface area contributed by atoms with Crippen LogP contribution in [-0.2, 0) is 32.6 Å². The number of nitriles is 1. The summed E-state index contributed by atoms with van der Waals surface area (Å²) < 4.78 is 108. The highest BCUT2D eigenvalue weighted by Crippen LogP contribution is 2.43. The minimum absolute atomic E-state index is 0.00917. The predicted octanol–water partition coefficient (Wildman–Crippen LogP) is 11.8. The number of aryl methyl sites for hydroxylation is 1. The van der Waals surface area contributed by atoms with Crippen molar-refractivity contribution in [2.24, 2.45) is 0 Å². The highest BCUT2D eigenvalue weighted by Gasteiger charge is 2.39. The number of hydrogen-bond donors (Lipinski definition) is 3. The maximum Gasteiger partial charge on any atom is 0.419 e. The first kappa shape index (κ1) is 52.7. The number of thiophene rings is 2. The average molecular weight is 1100 g/mol. The third kappa shape index (κ3) is 11.9. The molecule has 6 aromatic rings. The molecule has 0 amide bonds. The molecule has 370 valence electrons. The van der Waals surface area contributed by atoms with Gasteiger partial charge in [0.1, 0.15) is 26.9 Å². The number of anilines is 2. The first-order valence-electron chi connectivity index (χ1n) is 21.0. The molecule has 0 spiro atoms. The van der Waals surface area contributed by atoms with Gasteiger partial charge in [-0.15, -0.1) is 22.7 Å². The summed E-state index contributed by atoms with van der Waals surface area (Å²) in [5.41, 5.74) is 0.723. The lowest BCUT2D eigenvalue weighted by Gasteiger charge is -2.27. The second-order valence-corrected chi connectivity index (χ2v) is 24.0. The molecule has 70 heavy (non-hydrogen) atoms. The number of halogens is 6. The predicted molar refractivity (Wildman–Crippen MR) is 267 cm³/mol.